The predicted molar refractivity (Wildman–Crippen MR) is 59.4 cm³/mol. The number of carbonyl (C=O) groups is 1. The zero-order chi connectivity index (χ0) is 12.1. The molecule has 0 radical (unpaired) electrons. The molecule has 1 amide bonds. The van der Waals surface area contributed by atoms with E-state index >= 15 is 0 Å². The average Bonchev–Trinajstić information content (AvgIpc) is 2.23. The smallest absolute Gasteiger partial charge is 0.253 e. The molecule has 0 atom stereocenters. The molecule has 1 heterocycles. The molecule has 0 aliphatic carbocycles. The molecule has 0 aliphatic rings. The van der Waals surface area contributed by atoms with Gasteiger partial charge < -0.3 is 15.7 Å². The molecule has 0 saturated carbocycles. The van der Waals surface area contributed by atoms with E-state index in [0.29, 0.717) is 19.5 Å². The molecule has 0 saturated heterocycles. The minimum atomic E-state index is -0.504. The second-order valence-electron chi connectivity index (χ2n) is 3.49. The number of aromatic amines is 1. The van der Waals surface area contributed by atoms with E-state index in [-0.39, 0.29) is 17.4 Å². The Kier molecular flexibility index (Phi) is 4.07. The molecule has 0 fully saturated rings. The Bertz CT molecular complexity index is 428. The summed E-state index contributed by atoms with van der Waals surface area (Å²) in [7, 11) is 1.62. The molecule has 1 aromatic heterocycles. The molecular formula is C10H15N3O3. The van der Waals surface area contributed by atoms with Crippen molar-refractivity contribution in [2.75, 3.05) is 20.1 Å². The molecule has 4 N–H and O–H groups in total. The highest BCUT2D eigenvalue weighted by Gasteiger charge is 2.12. The van der Waals surface area contributed by atoms with Gasteiger partial charge in [-0.15, -0.1) is 0 Å². The normalized spacial score (nSPS) is 10.1. The van der Waals surface area contributed by atoms with Gasteiger partial charge in [-0.05, 0) is 13.0 Å². The van der Waals surface area contributed by atoms with Crippen LogP contribution in [0.25, 0.3) is 0 Å². The van der Waals surface area contributed by atoms with Crippen LogP contribution in [0.3, 0.4) is 0 Å². The fraction of sp³-hybridized carbons (Fsp3) is 0.400. The third-order valence-corrected chi connectivity index (χ3v) is 2.12. The molecule has 0 spiro atoms. The van der Waals surface area contributed by atoms with Crippen molar-refractivity contribution < 1.29 is 9.90 Å². The van der Waals surface area contributed by atoms with Crippen LogP contribution >= 0.6 is 0 Å². The van der Waals surface area contributed by atoms with Crippen LogP contribution in [-0.2, 0) is 0 Å². The number of hydrogen-bond donors (Lipinski definition) is 3. The molecule has 88 valence electrons. The lowest BCUT2D eigenvalue weighted by Crippen LogP contribution is -2.29. The molecule has 0 aliphatic heterocycles. The van der Waals surface area contributed by atoms with E-state index in [1.54, 1.807) is 7.05 Å². The zero-order valence-corrected chi connectivity index (χ0v) is 9.06. The van der Waals surface area contributed by atoms with Crippen LogP contribution in [0.15, 0.2) is 16.9 Å². The largest absolute Gasteiger partial charge is 0.494 e. The molecule has 1 aromatic rings. The number of rotatable bonds is 4. The number of nitrogens with zero attached hydrogens (tertiary/aromatic N) is 1. The summed E-state index contributed by atoms with van der Waals surface area (Å²) >= 11 is 0. The Labute approximate surface area is 92.7 Å². The number of nitrogens with one attached hydrogen (secondary N) is 1. The van der Waals surface area contributed by atoms with Gasteiger partial charge in [0.05, 0.1) is 5.56 Å². The highest BCUT2D eigenvalue weighted by Crippen LogP contribution is 2.06. The maximum Gasteiger partial charge on any atom is 0.253 e. The fourth-order valence-electron chi connectivity index (χ4n) is 1.30. The minimum absolute atomic E-state index is 0.167. The summed E-state index contributed by atoms with van der Waals surface area (Å²) in [4.78, 5) is 26.4. The van der Waals surface area contributed by atoms with E-state index in [2.05, 4.69) is 4.98 Å². The topological polar surface area (TPSA) is 99.4 Å². The summed E-state index contributed by atoms with van der Waals surface area (Å²) in [6.45, 7) is 1.02. The van der Waals surface area contributed by atoms with Crippen molar-refractivity contribution >= 4 is 5.91 Å². The van der Waals surface area contributed by atoms with E-state index in [4.69, 9.17) is 10.8 Å². The van der Waals surface area contributed by atoms with Crippen molar-refractivity contribution in [2.24, 2.45) is 5.73 Å². The lowest BCUT2D eigenvalue weighted by Gasteiger charge is -2.16. The molecule has 6 heteroatoms. The molecule has 1 rings (SSSR count). The number of hydrogen-bond acceptors (Lipinski definition) is 4. The lowest BCUT2D eigenvalue weighted by atomic mass is 10.2. The first kappa shape index (κ1) is 12.3. The summed E-state index contributed by atoms with van der Waals surface area (Å²) < 4.78 is 0. The van der Waals surface area contributed by atoms with Crippen LogP contribution in [0.4, 0.5) is 0 Å². The van der Waals surface area contributed by atoms with E-state index in [9.17, 15) is 9.59 Å². The van der Waals surface area contributed by atoms with E-state index in [1.807, 2.05) is 0 Å². The summed E-state index contributed by atoms with van der Waals surface area (Å²) in [5.74, 6) is -0.627. The molecule has 6 nitrogen and oxygen atoms in total. The third-order valence-electron chi connectivity index (χ3n) is 2.12. The van der Waals surface area contributed by atoms with Crippen molar-refractivity contribution in [3.05, 3.63) is 28.0 Å². The van der Waals surface area contributed by atoms with Crippen molar-refractivity contribution in [1.29, 1.82) is 0 Å². The number of amides is 1. The molecule has 16 heavy (non-hydrogen) atoms. The monoisotopic (exact) mass is 225 g/mol. The summed E-state index contributed by atoms with van der Waals surface area (Å²) in [6, 6.07) is 2.38. The van der Waals surface area contributed by atoms with Gasteiger partial charge in [0.15, 0.2) is 5.88 Å². The van der Waals surface area contributed by atoms with Crippen molar-refractivity contribution in [3.8, 4) is 5.88 Å². The van der Waals surface area contributed by atoms with Gasteiger partial charge in [-0.1, -0.05) is 0 Å². The molecule has 0 bridgehead atoms. The number of carbonyl (C=O) groups excluding carboxylic acids is 1. The maximum atomic E-state index is 11.8. The highest BCUT2D eigenvalue weighted by atomic mass is 16.3. The fourth-order valence-corrected chi connectivity index (χ4v) is 1.30. The van der Waals surface area contributed by atoms with Crippen LogP contribution in [0.5, 0.6) is 5.88 Å². The zero-order valence-electron chi connectivity index (χ0n) is 9.06. The number of aromatic hydroxyl groups is 1. The van der Waals surface area contributed by atoms with Gasteiger partial charge in [0.1, 0.15) is 0 Å². The predicted octanol–water partition coefficient (Wildman–Crippen LogP) is -0.499. The van der Waals surface area contributed by atoms with Gasteiger partial charge in [0, 0.05) is 25.7 Å². The Morgan fingerprint density at radius 3 is 2.81 bits per heavy atom. The van der Waals surface area contributed by atoms with Crippen molar-refractivity contribution in [3.63, 3.8) is 0 Å². The molecule has 0 aromatic carbocycles. The van der Waals surface area contributed by atoms with Crippen LogP contribution in [0, 0.1) is 0 Å². The van der Waals surface area contributed by atoms with E-state index in [0.717, 1.165) is 6.07 Å². The first-order chi connectivity index (χ1) is 7.54. The Hall–Kier alpha value is -1.82. The van der Waals surface area contributed by atoms with Crippen LogP contribution < -0.4 is 11.3 Å². The van der Waals surface area contributed by atoms with Crippen molar-refractivity contribution in [2.45, 2.75) is 6.42 Å². The average molecular weight is 225 g/mol. The van der Waals surface area contributed by atoms with Crippen LogP contribution in [-0.4, -0.2) is 41.0 Å². The molecular weight excluding hydrogens is 210 g/mol. The quantitative estimate of drug-likeness (QED) is 0.643. The Morgan fingerprint density at radius 2 is 2.25 bits per heavy atom. The Balaban J connectivity index is 2.83. The van der Waals surface area contributed by atoms with Gasteiger partial charge >= 0.3 is 0 Å². The van der Waals surface area contributed by atoms with Gasteiger partial charge in [0.2, 0.25) is 0 Å². The van der Waals surface area contributed by atoms with Gasteiger partial charge in [-0.25, -0.2) is 0 Å². The first-order valence-corrected chi connectivity index (χ1v) is 4.93. The summed E-state index contributed by atoms with van der Waals surface area (Å²) in [5.41, 5.74) is 4.99. The SMILES string of the molecule is CN(CCCN)C(=O)c1cc(O)[nH]c(=O)c1. The van der Waals surface area contributed by atoms with E-state index < -0.39 is 5.56 Å². The van der Waals surface area contributed by atoms with E-state index in [1.165, 1.54) is 11.0 Å². The number of H-pyrrole nitrogens is 1. The first-order valence-electron chi connectivity index (χ1n) is 4.93. The van der Waals surface area contributed by atoms with Gasteiger partial charge in [-0.3, -0.25) is 14.6 Å². The maximum absolute atomic E-state index is 11.8. The molecule has 0 unspecified atom stereocenters. The van der Waals surface area contributed by atoms with Crippen molar-refractivity contribution in [1.82, 2.24) is 9.88 Å². The van der Waals surface area contributed by atoms with Crippen LogP contribution in [0.2, 0.25) is 0 Å². The number of aromatic nitrogens is 1. The standard InChI is InChI=1S/C10H15N3O3/c1-13(4-2-3-11)10(16)7-5-8(14)12-9(15)6-7/h5-6H,2-4,11H2,1H3,(H2,12,14,15). The van der Waals surface area contributed by atoms with Crippen LogP contribution in [0.1, 0.15) is 16.8 Å². The second-order valence-corrected chi connectivity index (χ2v) is 3.49. The van der Waals surface area contributed by atoms with Gasteiger partial charge in [-0.2, -0.15) is 0 Å². The third kappa shape index (κ3) is 3.09. The second kappa shape index (κ2) is 5.32. The number of nitrogens with two attached hydrogens (primary N) is 1. The Morgan fingerprint density at radius 1 is 1.56 bits per heavy atom. The van der Waals surface area contributed by atoms with Gasteiger partial charge in [0.25, 0.3) is 11.5 Å². The minimum Gasteiger partial charge on any atom is -0.494 e. The summed E-state index contributed by atoms with van der Waals surface area (Å²) in [5, 5.41) is 9.15. The highest BCUT2D eigenvalue weighted by molar-refractivity contribution is 5.94. The lowest BCUT2D eigenvalue weighted by molar-refractivity contribution is 0.0793. The number of pyridine rings is 1. The summed E-state index contributed by atoms with van der Waals surface area (Å²) in [6.07, 6.45) is 0.692.